The van der Waals surface area contributed by atoms with E-state index in [0.717, 1.165) is 11.8 Å². The third-order valence-electron chi connectivity index (χ3n) is 6.82. The summed E-state index contributed by atoms with van der Waals surface area (Å²) in [6, 6.07) is 31.4. The second kappa shape index (κ2) is 9.92. The average molecular weight is 383 g/mol. The molecule has 3 aromatic carbocycles. The summed E-state index contributed by atoms with van der Waals surface area (Å²) in [5.41, 5.74) is 5.66. The van der Waals surface area contributed by atoms with Gasteiger partial charge in [-0.3, -0.25) is 0 Å². The van der Waals surface area contributed by atoms with Gasteiger partial charge >= 0.3 is 0 Å². The Morgan fingerprint density at radius 1 is 0.655 bits per heavy atom. The van der Waals surface area contributed by atoms with Crippen molar-refractivity contribution in [3.63, 3.8) is 0 Å². The van der Waals surface area contributed by atoms with Crippen molar-refractivity contribution in [3.8, 4) is 0 Å². The van der Waals surface area contributed by atoms with Gasteiger partial charge < -0.3 is 0 Å². The van der Waals surface area contributed by atoms with Crippen molar-refractivity contribution in [2.45, 2.75) is 63.7 Å². The van der Waals surface area contributed by atoms with Crippen LogP contribution in [0, 0.1) is 5.92 Å². The average Bonchev–Trinajstić information content (AvgIpc) is 2.80. The first-order valence-corrected chi connectivity index (χ1v) is 11.5. The molecule has 0 spiro atoms. The number of unbranched alkanes of at least 4 members (excludes halogenated alkanes) is 1. The molecule has 0 radical (unpaired) electrons. The van der Waals surface area contributed by atoms with E-state index in [1.165, 1.54) is 61.6 Å². The normalized spacial score (nSPS) is 19.4. The fourth-order valence-electron chi connectivity index (χ4n) is 5.11. The zero-order valence-corrected chi connectivity index (χ0v) is 17.8. The summed E-state index contributed by atoms with van der Waals surface area (Å²) in [5.74, 6) is 2.04. The molecule has 1 aliphatic rings. The van der Waals surface area contributed by atoms with E-state index in [1.807, 2.05) is 0 Å². The van der Waals surface area contributed by atoms with Gasteiger partial charge in [0.1, 0.15) is 0 Å². The van der Waals surface area contributed by atoms with Crippen LogP contribution in [0.3, 0.4) is 0 Å². The Morgan fingerprint density at radius 3 is 1.69 bits per heavy atom. The highest BCUT2D eigenvalue weighted by Gasteiger charge is 2.23. The summed E-state index contributed by atoms with van der Waals surface area (Å²) in [6.07, 6.45) is 9.77. The molecular weight excluding hydrogens is 348 g/mol. The van der Waals surface area contributed by atoms with Gasteiger partial charge in [0.2, 0.25) is 0 Å². The van der Waals surface area contributed by atoms with E-state index in [9.17, 15) is 0 Å². The lowest BCUT2D eigenvalue weighted by atomic mass is 9.76. The summed E-state index contributed by atoms with van der Waals surface area (Å²) in [4.78, 5) is 0. The fourth-order valence-corrected chi connectivity index (χ4v) is 5.11. The first-order valence-electron chi connectivity index (χ1n) is 11.5. The van der Waals surface area contributed by atoms with Crippen LogP contribution in [0.5, 0.6) is 0 Å². The largest absolute Gasteiger partial charge is 0.0654 e. The highest BCUT2D eigenvalue weighted by molar-refractivity contribution is 5.43. The van der Waals surface area contributed by atoms with Crippen molar-refractivity contribution in [1.29, 1.82) is 0 Å². The Hall–Kier alpha value is -2.34. The van der Waals surface area contributed by atoms with Crippen molar-refractivity contribution in [2.24, 2.45) is 5.92 Å². The molecule has 0 heterocycles. The SMILES string of the molecule is CCCCC1CCC(c2ccc(C(c3ccccc3)c3ccccc3)cc2)CC1. The van der Waals surface area contributed by atoms with E-state index in [4.69, 9.17) is 0 Å². The van der Waals surface area contributed by atoms with E-state index < -0.39 is 0 Å². The molecule has 0 aliphatic heterocycles. The van der Waals surface area contributed by atoms with Crippen molar-refractivity contribution in [2.75, 3.05) is 0 Å². The van der Waals surface area contributed by atoms with E-state index in [1.54, 1.807) is 5.56 Å². The summed E-state index contributed by atoms with van der Waals surface area (Å²) in [6.45, 7) is 2.31. The van der Waals surface area contributed by atoms with Crippen LogP contribution in [-0.4, -0.2) is 0 Å². The van der Waals surface area contributed by atoms with Gasteiger partial charge in [0.25, 0.3) is 0 Å². The van der Waals surface area contributed by atoms with Crippen LogP contribution in [0.4, 0.5) is 0 Å². The van der Waals surface area contributed by atoms with Crippen molar-refractivity contribution >= 4 is 0 Å². The van der Waals surface area contributed by atoms with E-state index in [-0.39, 0.29) is 0 Å². The molecule has 4 rings (SSSR count). The molecule has 0 nitrogen and oxygen atoms in total. The van der Waals surface area contributed by atoms with Gasteiger partial charge in [0, 0.05) is 5.92 Å². The summed E-state index contributed by atoms with van der Waals surface area (Å²) in [7, 11) is 0. The van der Waals surface area contributed by atoms with Gasteiger partial charge in [-0.1, -0.05) is 111 Å². The van der Waals surface area contributed by atoms with Crippen LogP contribution in [0.1, 0.15) is 86.0 Å². The van der Waals surface area contributed by atoms with Crippen LogP contribution >= 0.6 is 0 Å². The Bertz CT molecular complexity index is 800. The smallest absolute Gasteiger partial charge is 0.0339 e. The van der Waals surface area contributed by atoms with Crippen LogP contribution in [0.25, 0.3) is 0 Å². The molecule has 3 aromatic rings. The van der Waals surface area contributed by atoms with Crippen molar-refractivity contribution < 1.29 is 0 Å². The molecule has 1 fully saturated rings. The van der Waals surface area contributed by atoms with Crippen LogP contribution in [0.2, 0.25) is 0 Å². The number of hydrogen-bond donors (Lipinski definition) is 0. The Kier molecular flexibility index (Phi) is 6.83. The number of hydrogen-bond acceptors (Lipinski definition) is 0. The van der Waals surface area contributed by atoms with Gasteiger partial charge in [-0.05, 0) is 59.8 Å². The third-order valence-corrected chi connectivity index (χ3v) is 6.82. The molecule has 0 atom stereocenters. The van der Waals surface area contributed by atoms with Gasteiger partial charge in [0.05, 0.1) is 0 Å². The van der Waals surface area contributed by atoms with E-state index >= 15 is 0 Å². The molecule has 0 amide bonds. The minimum Gasteiger partial charge on any atom is -0.0654 e. The van der Waals surface area contributed by atoms with Gasteiger partial charge in [-0.25, -0.2) is 0 Å². The molecule has 29 heavy (non-hydrogen) atoms. The molecule has 0 aromatic heterocycles. The molecule has 0 saturated heterocycles. The quantitative estimate of drug-likeness (QED) is 0.360. The lowest BCUT2D eigenvalue weighted by Crippen LogP contribution is -2.13. The minimum atomic E-state index is 0.302. The molecular formula is C29H34. The van der Waals surface area contributed by atoms with Crippen LogP contribution in [-0.2, 0) is 0 Å². The highest BCUT2D eigenvalue weighted by atomic mass is 14.3. The highest BCUT2D eigenvalue weighted by Crippen LogP contribution is 2.39. The lowest BCUT2D eigenvalue weighted by Gasteiger charge is -2.29. The molecule has 0 unspecified atom stereocenters. The standard InChI is InChI=1S/C29H34/c1-2-3-10-23-15-17-24(18-16-23)25-19-21-28(22-20-25)29(26-11-6-4-7-12-26)27-13-8-5-9-14-27/h4-9,11-14,19-24,29H,2-3,10,15-18H2,1H3. The Labute approximate surface area is 177 Å². The summed E-state index contributed by atoms with van der Waals surface area (Å²) >= 11 is 0. The van der Waals surface area contributed by atoms with Crippen LogP contribution < -0.4 is 0 Å². The zero-order valence-electron chi connectivity index (χ0n) is 17.8. The second-order valence-electron chi connectivity index (χ2n) is 8.78. The predicted molar refractivity (Wildman–Crippen MR) is 124 cm³/mol. The van der Waals surface area contributed by atoms with E-state index in [2.05, 4.69) is 91.9 Å². The lowest BCUT2D eigenvalue weighted by molar-refractivity contribution is 0.304. The maximum Gasteiger partial charge on any atom is 0.0339 e. The molecule has 1 saturated carbocycles. The molecule has 0 heteroatoms. The first kappa shape index (κ1) is 20.0. The topological polar surface area (TPSA) is 0 Å². The monoisotopic (exact) mass is 382 g/mol. The molecule has 0 bridgehead atoms. The Balaban J connectivity index is 1.51. The van der Waals surface area contributed by atoms with Crippen molar-refractivity contribution in [1.82, 2.24) is 0 Å². The van der Waals surface area contributed by atoms with E-state index in [0.29, 0.717) is 5.92 Å². The van der Waals surface area contributed by atoms with Gasteiger partial charge in [0.15, 0.2) is 0 Å². The first-order chi connectivity index (χ1) is 14.3. The number of benzene rings is 3. The second-order valence-corrected chi connectivity index (χ2v) is 8.78. The Morgan fingerprint density at radius 2 is 1.17 bits per heavy atom. The third kappa shape index (κ3) is 4.99. The molecule has 0 N–H and O–H groups in total. The zero-order chi connectivity index (χ0) is 19.9. The predicted octanol–water partition coefficient (Wildman–Crippen LogP) is 8.33. The van der Waals surface area contributed by atoms with Gasteiger partial charge in [-0.15, -0.1) is 0 Å². The maximum absolute atomic E-state index is 2.41. The summed E-state index contributed by atoms with van der Waals surface area (Å²) in [5, 5.41) is 0. The summed E-state index contributed by atoms with van der Waals surface area (Å²) < 4.78 is 0. The molecule has 150 valence electrons. The maximum atomic E-state index is 2.41. The van der Waals surface area contributed by atoms with Crippen LogP contribution in [0.15, 0.2) is 84.9 Å². The minimum absolute atomic E-state index is 0.302. The number of rotatable bonds is 7. The van der Waals surface area contributed by atoms with Gasteiger partial charge in [-0.2, -0.15) is 0 Å². The molecule has 1 aliphatic carbocycles. The fraction of sp³-hybridized carbons (Fsp3) is 0.379. The van der Waals surface area contributed by atoms with Crippen molar-refractivity contribution in [3.05, 3.63) is 107 Å².